The Labute approximate surface area is 171 Å². The van der Waals surface area contributed by atoms with Crippen molar-refractivity contribution in [3.63, 3.8) is 0 Å². The lowest BCUT2D eigenvalue weighted by molar-refractivity contribution is -0.120. The Morgan fingerprint density at radius 1 is 1.07 bits per heavy atom. The molecule has 1 saturated carbocycles. The fraction of sp³-hybridized carbons (Fsp3) is 0.391. The van der Waals surface area contributed by atoms with Crippen LogP contribution >= 0.6 is 0 Å². The third-order valence-corrected chi connectivity index (χ3v) is 5.33. The second-order valence-corrected chi connectivity index (χ2v) is 7.77. The molecule has 2 aliphatic rings. The van der Waals surface area contributed by atoms with Gasteiger partial charge in [0.2, 0.25) is 5.91 Å². The summed E-state index contributed by atoms with van der Waals surface area (Å²) < 4.78 is 5.41. The van der Waals surface area contributed by atoms with E-state index in [4.69, 9.17) is 4.74 Å². The number of benzene rings is 2. The van der Waals surface area contributed by atoms with Gasteiger partial charge in [-0.1, -0.05) is 12.1 Å². The minimum atomic E-state index is -0.138. The molecule has 1 saturated heterocycles. The first kappa shape index (κ1) is 19.5. The molecule has 0 aromatic heterocycles. The molecule has 0 atom stereocenters. The third-order valence-electron chi connectivity index (χ3n) is 5.33. The Morgan fingerprint density at radius 3 is 2.45 bits per heavy atom. The molecule has 2 aromatic carbocycles. The Balaban J connectivity index is 1.35. The maximum Gasteiger partial charge on any atom is 0.255 e. The molecule has 0 unspecified atom stereocenters. The monoisotopic (exact) mass is 393 g/mol. The maximum atomic E-state index is 12.6. The lowest BCUT2D eigenvalue weighted by atomic mass is 10.1. The van der Waals surface area contributed by atoms with Gasteiger partial charge in [-0.3, -0.25) is 9.59 Å². The molecule has 2 fully saturated rings. The summed E-state index contributed by atoms with van der Waals surface area (Å²) in [6.45, 7) is 5.25. The highest BCUT2D eigenvalue weighted by atomic mass is 16.5. The summed E-state index contributed by atoms with van der Waals surface area (Å²) in [5.74, 6) is -0.0824. The van der Waals surface area contributed by atoms with Crippen LogP contribution in [0, 0.1) is 6.92 Å². The zero-order valence-corrected chi connectivity index (χ0v) is 16.7. The molecule has 2 aromatic rings. The molecule has 2 N–H and O–H groups in total. The standard InChI is InChI=1S/C23H27N3O3/c1-16-14-18(4-9-21(16)26-10-12-29-13-11-26)23(28)25-20-5-2-17(3-6-20)15-22(27)24-19-7-8-19/h2-6,9,14,19H,7-8,10-13,15H2,1H3,(H,24,27)(H,25,28). The number of carbonyl (C=O) groups is 2. The molecule has 29 heavy (non-hydrogen) atoms. The number of hydrogen-bond donors (Lipinski definition) is 2. The molecular weight excluding hydrogens is 366 g/mol. The van der Waals surface area contributed by atoms with Crippen molar-refractivity contribution in [1.29, 1.82) is 0 Å². The van der Waals surface area contributed by atoms with Crippen LogP contribution in [-0.4, -0.2) is 44.2 Å². The van der Waals surface area contributed by atoms with Gasteiger partial charge in [-0.15, -0.1) is 0 Å². The molecule has 6 heteroatoms. The van der Waals surface area contributed by atoms with Gasteiger partial charge >= 0.3 is 0 Å². The van der Waals surface area contributed by atoms with Gasteiger partial charge in [-0.25, -0.2) is 0 Å². The molecule has 0 bridgehead atoms. The average molecular weight is 393 g/mol. The van der Waals surface area contributed by atoms with Crippen LogP contribution < -0.4 is 15.5 Å². The fourth-order valence-electron chi connectivity index (χ4n) is 3.56. The SMILES string of the molecule is Cc1cc(C(=O)Nc2ccc(CC(=O)NC3CC3)cc2)ccc1N1CCOCC1. The van der Waals surface area contributed by atoms with Gasteiger partial charge in [0.15, 0.2) is 0 Å². The van der Waals surface area contributed by atoms with Crippen LogP contribution in [0.3, 0.4) is 0 Å². The maximum absolute atomic E-state index is 12.6. The third kappa shape index (κ3) is 5.15. The van der Waals surface area contributed by atoms with E-state index >= 15 is 0 Å². The highest BCUT2D eigenvalue weighted by Crippen LogP contribution is 2.23. The van der Waals surface area contributed by atoms with Crippen molar-refractivity contribution >= 4 is 23.2 Å². The molecule has 2 amide bonds. The first-order chi connectivity index (χ1) is 14.1. The van der Waals surface area contributed by atoms with Crippen molar-refractivity contribution < 1.29 is 14.3 Å². The number of aryl methyl sites for hydroxylation is 1. The van der Waals surface area contributed by atoms with E-state index in [9.17, 15) is 9.59 Å². The van der Waals surface area contributed by atoms with Gasteiger partial charge in [-0.05, 0) is 61.2 Å². The van der Waals surface area contributed by atoms with Gasteiger partial charge in [0.25, 0.3) is 5.91 Å². The molecular formula is C23H27N3O3. The summed E-state index contributed by atoms with van der Waals surface area (Å²) in [7, 11) is 0. The van der Waals surface area contributed by atoms with Crippen molar-refractivity contribution in [2.75, 3.05) is 36.5 Å². The van der Waals surface area contributed by atoms with Crippen LogP contribution in [0.4, 0.5) is 11.4 Å². The average Bonchev–Trinajstić information content (AvgIpc) is 3.54. The highest BCUT2D eigenvalue weighted by molar-refractivity contribution is 6.04. The minimum absolute atomic E-state index is 0.0557. The first-order valence-electron chi connectivity index (χ1n) is 10.2. The summed E-state index contributed by atoms with van der Waals surface area (Å²) in [6.07, 6.45) is 2.54. The molecule has 1 aliphatic carbocycles. The lowest BCUT2D eigenvalue weighted by Gasteiger charge is -2.30. The Hall–Kier alpha value is -2.86. The van der Waals surface area contributed by atoms with E-state index in [1.807, 2.05) is 49.4 Å². The zero-order valence-electron chi connectivity index (χ0n) is 16.7. The van der Waals surface area contributed by atoms with Crippen molar-refractivity contribution in [1.82, 2.24) is 5.32 Å². The largest absolute Gasteiger partial charge is 0.378 e. The van der Waals surface area contributed by atoms with Crippen molar-refractivity contribution in [2.45, 2.75) is 32.2 Å². The first-order valence-corrected chi connectivity index (χ1v) is 10.2. The molecule has 6 nitrogen and oxygen atoms in total. The number of nitrogens with one attached hydrogen (secondary N) is 2. The minimum Gasteiger partial charge on any atom is -0.378 e. The number of hydrogen-bond acceptors (Lipinski definition) is 4. The fourth-order valence-corrected chi connectivity index (χ4v) is 3.56. The van der Waals surface area contributed by atoms with E-state index in [2.05, 4.69) is 15.5 Å². The van der Waals surface area contributed by atoms with Crippen molar-refractivity contribution in [3.05, 3.63) is 59.2 Å². The Bertz CT molecular complexity index is 885. The van der Waals surface area contributed by atoms with E-state index in [0.29, 0.717) is 18.0 Å². The second-order valence-electron chi connectivity index (χ2n) is 7.77. The summed E-state index contributed by atoms with van der Waals surface area (Å²) in [5.41, 5.74) is 4.52. The number of ether oxygens (including phenoxy) is 1. The number of morpholine rings is 1. The molecule has 4 rings (SSSR count). The predicted octanol–water partition coefficient (Wildman–Crippen LogP) is 2.91. The smallest absolute Gasteiger partial charge is 0.255 e. The van der Waals surface area contributed by atoms with Crippen LogP contribution in [0.1, 0.15) is 34.3 Å². The highest BCUT2D eigenvalue weighted by Gasteiger charge is 2.23. The van der Waals surface area contributed by atoms with Gasteiger partial charge in [-0.2, -0.15) is 0 Å². The van der Waals surface area contributed by atoms with Gasteiger partial charge < -0.3 is 20.3 Å². The van der Waals surface area contributed by atoms with E-state index in [0.717, 1.165) is 61.6 Å². The number of carbonyl (C=O) groups excluding carboxylic acids is 2. The molecule has 1 heterocycles. The summed E-state index contributed by atoms with van der Waals surface area (Å²) >= 11 is 0. The quantitative estimate of drug-likeness (QED) is 0.792. The van der Waals surface area contributed by atoms with Crippen LogP contribution in [0.5, 0.6) is 0 Å². The number of amides is 2. The van der Waals surface area contributed by atoms with E-state index in [1.54, 1.807) is 0 Å². The number of anilines is 2. The van der Waals surface area contributed by atoms with Crippen molar-refractivity contribution in [2.24, 2.45) is 0 Å². The summed E-state index contributed by atoms with van der Waals surface area (Å²) in [6, 6.07) is 13.6. The second kappa shape index (κ2) is 8.66. The van der Waals surface area contributed by atoms with Gasteiger partial charge in [0.1, 0.15) is 0 Å². The van der Waals surface area contributed by atoms with E-state index in [-0.39, 0.29) is 11.8 Å². The summed E-state index contributed by atoms with van der Waals surface area (Å²) in [5, 5.41) is 5.92. The molecule has 0 radical (unpaired) electrons. The number of rotatable bonds is 6. The van der Waals surface area contributed by atoms with E-state index in [1.165, 1.54) is 0 Å². The van der Waals surface area contributed by atoms with Crippen molar-refractivity contribution in [3.8, 4) is 0 Å². The topological polar surface area (TPSA) is 70.7 Å². The summed E-state index contributed by atoms with van der Waals surface area (Å²) in [4.78, 5) is 26.8. The molecule has 152 valence electrons. The van der Waals surface area contributed by atoms with Crippen LogP contribution in [0.25, 0.3) is 0 Å². The van der Waals surface area contributed by atoms with Crippen LogP contribution in [0.15, 0.2) is 42.5 Å². The van der Waals surface area contributed by atoms with E-state index < -0.39 is 0 Å². The number of nitrogens with zero attached hydrogens (tertiary/aromatic N) is 1. The van der Waals surface area contributed by atoms with Crippen LogP contribution in [0.2, 0.25) is 0 Å². The molecule has 1 aliphatic heterocycles. The van der Waals surface area contributed by atoms with Gasteiger partial charge in [0.05, 0.1) is 19.6 Å². The lowest BCUT2D eigenvalue weighted by Crippen LogP contribution is -2.36. The van der Waals surface area contributed by atoms with Crippen LogP contribution in [-0.2, 0) is 16.0 Å². The Morgan fingerprint density at radius 2 is 1.79 bits per heavy atom. The normalized spacial score (nSPS) is 16.4. The Kier molecular flexibility index (Phi) is 5.81. The molecule has 0 spiro atoms. The van der Waals surface area contributed by atoms with Gasteiger partial charge in [0, 0.05) is 36.1 Å². The zero-order chi connectivity index (χ0) is 20.2. The predicted molar refractivity (Wildman–Crippen MR) is 113 cm³/mol.